The minimum atomic E-state index is -1.37. The molecule has 0 saturated carbocycles. The van der Waals surface area contributed by atoms with Gasteiger partial charge in [-0.15, -0.1) is 46.2 Å². The fraction of sp³-hybridized carbons (Fsp3) is 0.455. The maximum atomic E-state index is 12.9. The monoisotopic (exact) mass is 877 g/mol. The summed E-state index contributed by atoms with van der Waals surface area (Å²) in [5.41, 5.74) is 12.7. The lowest BCUT2D eigenvalue weighted by Gasteiger charge is -2.51. The third kappa shape index (κ3) is 8.34. The van der Waals surface area contributed by atoms with Crippen molar-refractivity contribution < 1.29 is 53.1 Å². The first-order valence-corrected chi connectivity index (χ1v) is 21.3. The maximum absolute atomic E-state index is 12.9. The molecule has 7 heterocycles. The van der Waals surface area contributed by atoms with Crippen LogP contribution in [0.5, 0.6) is 0 Å². The molecule has 4 atom stereocenters. The van der Waals surface area contributed by atoms with E-state index in [2.05, 4.69) is 42.8 Å². The van der Waals surface area contributed by atoms with Crippen molar-refractivity contribution in [3.05, 3.63) is 44.7 Å². The summed E-state index contributed by atoms with van der Waals surface area (Å²) < 4.78 is 0.757. The summed E-state index contributed by atoms with van der Waals surface area (Å²) in [5.74, 6) is -3.90. The highest BCUT2D eigenvalue weighted by Gasteiger charge is 2.55. The van der Waals surface area contributed by atoms with Crippen LogP contribution in [-0.2, 0) is 38.4 Å². The van der Waals surface area contributed by atoms with E-state index < -0.39 is 58.4 Å². The summed E-state index contributed by atoms with van der Waals surface area (Å²) in [6, 6.07) is -1.74. The van der Waals surface area contributed by atoms with Crippen molar-refractivity contribution in [2.75, 3.05) is 63.9 Å². The molecule has 3 fully saturated rings. The molecule has 7 rings (SSSR count). The predicted octanol–water partition coefficient (Wildman–Crippen LogP) is -1.45. The van der Waals surface area contributed by atoms with Gasteiger partial charge in [0.25, 0.3) is 23.6 Å². The Morgan fingerprint density at radius 1 is 0.879 bits per heavy atom. The number of carboxylic acids is 2. The van der Waals surface area contributed by atoms with Gasteiger partial charge in [0.05, 0.1) is 31.8 Å². The number of carbonyl (C=O) groups excluding carboxylic acids is 5. The van der Waals surface area contributed by atoms with E-state index in [0.717, 1.165) is 53.1 Å². The number of aliphatic carboxylic acids is 2. The van der Waals surface area contributed by atoms with Crippen LogP contribution >= 0.6 is 46.2 Å². The van der Waals surface area contributed by atoms with Gasteiger partial charge in [0.15, 0.2) is 21.7 Å². The van der Waals surface area contributed by atoms with E-state index >= 15 is 0 Å². The normalized spacial score (nSPS) is 23.8. The number of carboxylic acid groups (broad SMARTS) is 2. The Balaban J connectivity index is 0.000000200. The van der Waals surface area contributed by atoms with Crippen LogP contribution in [0, 0.1) is 0 Å². The Morgan fingerprint density at radius 3 is 1.76 bits per heavy atom. The zero-order chi connectivity index (χ0) is 42.1. The number of nitrogens with two attached hydrogens (primary N) is 2. The summed E-state index contributed by atoms with van der Waals surface area (Å²) in [6.45, 7) is 4.20. The van der Waals surface area contributed by atoms with Crippen LogP contribution in [0.2, 0.25) is 0 Å². The van der Waals surface area contributed by atoms with Gasteiger partial charge in [-0.05, 0) is 12.5 Å². The Morgan fingerprint density at radius 2 is 1.34 bits per heavy atom. The fourth-order valence-corrected chi connectivity index (χ4v) is 10.8. The minimum absolute atomic E-state index is 0.0256. The van der Waals surface area contributed by atoms with Crippen molar-refractivity contribution in [2.45, 2.75) is 42.6 Å². The van der Waals surface area contributed by atoms with Crippen LogP contribution in [0.1, 0.15) is 31.2 Å². The van der Waals surface area contributed by atoms with Crippen molar-refractivity contribution in [2.24, 2.45) is 10.3 Å². The number of rotatable bonds is 12. The molecule has 0 aromatic carbocycles. The van der Waals surface area contributed by atoms with E-state index in [1.807, 2.05) is 0 Å². The third-order valence-corrected chi connectivity index (χ3v) is 13.8. The molecule has 5 aliphatic heterocycles. The number of carbonyl (C=O) groups is 6. The van der Waals surface area contributed by atoms with Crippen molar-refractivity contribution in [3.63, 3.8) is 0 Å². The number of β-lactam (4-membered cyclic amide) rings is 2. The van der Waals surface area contributed by atoms with Crippen molar-refractivity contribution in [3.8, 4) is 0 Å². The summed E-state index contributed by atoms with van der Waals surface area (Å²) in [5, 5.41) is 36.5. The first kappa shape index (κ1) is 42.4. The van der Waals surface area contributed by atoms with E-state index in [9.17, 15) is 39.0 Å². The first-order chi connectivity index (χ1) is 27.6. The summed E-state index contributed by atoms with van der Waals surface area (Å²) in [6.07, 6.45) is 2.21. The smallest absolute Gasteiger partial charge is 0.352 e. The van der Waals surface area contributed by atoms with Crippen molar-refractivity contribution in [1.82, 2.24) is 30.4 Å². The average Bonchev–Trinajstić information content (AvgIpc) is 3.94. The van der Waals surface area contributed by atoms with Crippen LogP contribution in [0.3, 0.4) is 0 Å². The van der Waals surface area contributed by atoms with Gasteiger partial charge in [-0.1, -0.05) is 10.3 Å². The Hall–Kier alpha value is -5.24. The molecule has 0 spiro atoms. The van der Waals surface area contributed by atoms with E-state index in [1.165, 1.54) is 47.5 Å². The van der Waals surface area contributed by atoms with Gasteiger partial charge < -0.3 is 51.3 Å². The Kier molecular flexibility index (Phi) is 12.6. The summed E-state index contributed by atoms with van der Waals surface area (Å²) in [4.78, 5) is 93.9. The number of hydrogen-bond acceptors (Lipinski definition) is 19. The van der Waals surface area contributed by atoms with E-state index in [4.69, 9.17) is 16.3 Å². The van der Waals surface area contributed by atoms with E-state index in [1.54, 1.807) is 17.7 Å². The molecule has 2 aromatic rings. The molecule has 0 aliphatic carbocycles. The molecule has 58 heavy (non-hydrogen) atoms. The van der Waals surface area contributed by atoms with Crippen molar-refractivity contribution in [1.29, 1.82) is 0 Å². The standard InChI is InChI=1S/C19H24N6O5S2.C14H15N5O5S2/c1-25(5-3-4-6-25)7-10-8-31-17-13(16(27)24(17)14(10)18(28)29)22-15(26)12(23-30-2)11-9-32-19(20)21-11;1-5-3-25-12-8(11(21)19(12)9(5)13(22)23)17-10(20)7(18-24-2)6-4-26-14(15)16-6/h9,13,17H,3-8H2,1-2H3,(H3-,20,21,22,26,28,29);4,8,12H,3H2,1-2H3,(H2,15,16)(H,17,20)(H,22,23)/b23-12-;18-7-/t13-,17-;8-,12-/m11/s1. The first-order valence-electron chi connectivity index (χ1n) is 17.4. The number of nitrogens with one attached hydrogen (secondary N) is 2. The van der Waals surface area contributed by atoms with Gasteiger partial charge in [0, 0.05) is 40.7 Å². The molecule has 0 radical (unpaired) electrons. The summed E-state index contributed by atoms with van der Waals surface area (Å²) >= 11 is 5.09. The van der Waals surface area contributed by atoms with Gasteiger partial charge >= 0.3 is 5.97 Å². The second-order valence-electron chi connectivity index (χ2n) is 13.7. The molecule has 25 heteroatoms. The number of likely N-dealkylation sites (tertiary alicyclic amines) is 1. The maximum Gasteiger partial charge on any atom is 0.352 e. The molecule has 0 unspecified atom stereocenters. The van der Waals surface area contributed by atoms with E-state index in [-0.39, 0.29) is 44.5 Å². The highest BCUT2D eigenvalue weighted by Crippen LogP contribution is 2.42. The number of hydrogen-bond donors (Lipinski definition) is 5. The molecule has 310 valence electrons. The zero-order valence-corrected chi connectivity index (χ0v) is 34.7. The van der Waals surface area contributed by atoms with Gasteiger partial charge in [0.1, 0.15) is 60.7 Å². The number of amides is 4. The summed E-state index contributed by atoms with van der Waals surface area (Å²) in [7, 11) is 4.67. The van der Waals surface area contributed by atoms with E-state index in [0.29, 0.717) is 29.2 Å². The van der Waals surface area contributed by atoms with Gasteiger partial charge in [0.2, 0.25) is 0 Å². The fourth-order valence-electron chi connectivity index (χ4n) is 7.09. The number of thiazole rings is 2. The molecule has 4 amide bonds. The quantitative estimate of drug-likeness (QED) is 0.0706. The Labute approximate surface area is 347 Å². The number of oxime groups is 2. The van der Waals surface area contributed by atoms with Crippen LogP contribution in [-0.4, -0.2) is 152 Å². The largest absolute Gasteiger partial charge is 0.543 e. The number of quaternary nitrogens is 1. The number of likely N-dealkylation sites (N-methyl/N-ethyl adjacent to an activating group) is 1. The highest BCUT2D eigenvalue weighted by atomic mass is 32.2. The predicted molar refractivity (Wildman–Crippen MR) is 213 cm³/mol. The number of nitrogens with zero attached hydrogens (tertiary/aromatic N) is 7. The number of anilines is 2. The minimum Gasteiger partial charge on any atom is -0.543 e. The third-order valence-electron chi connectivity index (χ3n) is 9.72. The number of nitrogen functional groups attached to an aromatic ring is 2. The average molecular weight is 878 g/mol. The number of aromatic nitrogens is 2. The van der Waals surface area contributed by atoms with Crippen LogP contribution in [0.15, 0.2) is 43.6 Å². The van der Waals surface area contributed by atoms with Gasteiger partial charge in [-0.3, -0.25) is 29.0 Å². The van der Waals surface area contributed by atoms with Crippen LogP contribution in [0.4, 0.5) is 10.3 Å². The SMILES string of the molecule is CO/N=C(\C(=O)N[C@@H]1C(=O)N2C(C(=O)O)=C(C)CS[C@H]12)c1csc(N)n1.CO/N=C(\C(=O)N[C@@H]1C(=O)N2C(C(=O)[O-])=C(C[N+]3(C)CCCC3)CS[C@H]12)c1csc(N)n1. The lowest BCUT2D eigenvalue weighted by molar-refractivity contribution is -0.893. The molecule has 2 aromatic heterocycles. The molecule has 7 N–H and O–H groups in total. The molecule has 0 bridgehead atoms. The zero-order valence-electron chi connectivity index (χ0n) is 31.5. The number of thioether (sulfide) groups is 2. The number of fused-ring (bicyclic) bond motifs is 2. The lowest BCUT2D eigenvalue weighted by Crippen LogP contribution is -2.71. The van der Waals surface area contributed by atoms with Gasteiger partial charge in [-0.25, -0.2) is 14.8 Å². The van der Waals surface area contributed by atoms with Crippen LogP contribution in [0.25, 0.3) is 0 Å². The van der Waals surface area contributed by atoms with Crippen molar-refractivity contribution >= 4 is 103 Å². The van der Waals surface area contributed by atoms with Crippen LogP contribution < -0.4 is 27.2 Å². The topological polar surface area (TPSA) is 297 Å². The highest BCUT2D eigenvalue weighted by molar-refractivity contribution is 8.00. The molecule has 5 aliphatic rings. The molecular formula is C33H39N11O10S4. The second kappa shape index (κ2) is 17.3. The lowest BCUT2D eigenvalue weighted by atomic mass is 10.0. The Bertz CT molecular complexity index is 2160. The second-order valence-corrected chi connectivity index (χ2v) is 17.7. The molecule has 21 nitrogen and oxygen atoms in total. The van der Waals surface area contributed by atoms with Gasteiger partial charge in [-0.2, -0.15) is 0 Å². The molecule has 3 saturated heterocycles. The molecular weight excluding hydrogens is 839 g/mol.